The maximum absolute atomic E-state index is 13.1. The third-order valence-electron chi connectivity index (χ3n) is 4.74. The van der Waals surface area contributed by atoms with Gasteiger partial charge in [-0.15, -0.1) is 11.3 Å². The molecule has 4 nitrogen and oxygen atoms in total. The number of aryl methyl sites for hydroxylation is 1. The van der Waals surface area contributed by atoms with Crippen molar-refractivity contribution in [2.75, 3.05) is 6.54 Å². The molecule has 1 aliphatic heterocycles. The molecule has 1 saturated heterocycles. The van der Waals surface area contributed by atoms with Gasteiger partial charge in [-0.2, -0.15) is 0 Å². The van der Waals surface area contributed by atoms with E-state index in [0.29, 0.717) is 29.2 Å². The van der Waals surface area contributed by atoms with E-state index in [1.54, 1.807) is 0 Å². The number of piperidine rings is 1. The summed E-state index contributed by atoms with van der Waals surface area (Å²) in [5.41, 5.74) is 7.36. The molecule has 2 aromatic rings. The number of likely N-dealkylation sites (tertiary alicyclic amines) is 1. The van der Waals surface area contributed by atoms with Crippen LogP contribution in [-0.4, -0.2) is 34.4 Å². The number of nitrogens with zero attached hydrogens (tertiary/aromatic N) is 2. The molecule has 2 aliphatic rings. The zero-order chi connectivity index (χ0) is 16.1. The molecular weight excluding hydrogens is 330 g/mol. The van der Waals surface area contributed by atoms with E-state index < -0.39 is 0 Å². The van der Waals surface area contributed by atoms with Gasteiger partial charge >= 0.3 is 0 Å². The maximum atomic E-state index is 13.1. The molecule has 3 atom stereocenters. The van der Waals surface area contributed by atoms with Gasteiger partial charge in [0.2, 0.25) is 0 Å². The summed E-state index contributed by atoms with van der Waals surface area (Å²) < 4.78 is 0. The number of hydrogen-bond donors (Lipinski definition) is 1. The Labute approximate surface area is 144 Å². The molecule has 2 unspecified atom stereocenters. The summed E-state index contributed by atoms with van der Waals surface area (Å²) in [5, 5.41) is 1.55. The number of nitrogens with two attached hydrogens (primary N) is 1. The smallest absolute Gasteiger partial charge is 0.274 e. The number of aromatic nitrogens is 1. The molecule has 120 valence electrons. The summed E-state index contributed by atoms with van der Waals surface area (Å²) in [6.07, 6.45) is 2.14. The Morgan fingerprint density at radius 1 is 1.48 bits per heavy atom. The van der Waals surface area contributed by atoms with Crippen LogP contribution >= 0.6 is 22.9 Å². The number of carbonyl (C=O) groups is 1. The highest BCUT2D eigenvalue weighted by molar-refractivity contribution is 7.15. The summed E-state index contributed by atoms with van der Waals surface area (Å²) in [4.78, 5) is 20.5. The second kappa shape index (κ2) is 5.58. The number of halogens is 1. The normalized spacial score (nSPS) is 25.5. The largest absolute Gasteiger partial charge is 0.330 e. The summed E-state index contributed by atoms with van der Waals surface area (Å²) in [6, 6.07) is 8.11. The molecule has 1 aliphatic carbocycles. The van der Waals surface area contributed by atoms with Crippen LogP contribution in [0.2, 0.25) is 5.02 Å². The first kappa shape index (κ1) is 15.1. The van der Waals surface area contributed by atoms with Crippen LogP contribution in [0.15, 0.2) is 24.3 Å². The van der Waals surface area contributed by atoms with Gasteiger partial charge in [0, 0.05) is 23.7 Å². The highest BCUT2D eigenvalue weighted by Crippen LogP contribution is 2.48. The number of fused-ring (bicyclic) bond motifs is 1. The van der Waals surface area contributed by atoms with Crippen LogP contribution in [0.5, 0.6) is 0 Å². The zero-order valence-electron chi connectivity index (χ0n) is 12.8. The lowest BCUT2D eigenvalue weighted by molar-refractivity contribution is 0.0701. The van der Waals surface area contributed by atoms with E-state index in [4.69, 9.17) is 17.3 Å². The van der Waals surface area contributed by atoms with E-state index in [2.05, 4.69) is 4.98 Å². The van der Waals surface area contributed by atoms with Gasteiger partial charge in [0.1, 0.15) is 5.69 Å². The van der Waals surface area contributed by atoms with Gasteiger partial charge in [-0.25, -0.2) is 4.98 Å². The SMILES string of the molecule is Cc1nc(C(=O)N2C(CN)CC3C[C@@H]32)c(-c2cccc(Cl)c2)s1. The topological polar surface area (TPSA) is 59.2 Å². The molecule has 1 aromatic carbocycles. The van der Waals surface area contributed by atoms with Gasteiger partial charge in [-0.1, -0.05) is 23.7 Å². The summed E-state index contributed by atoms with van der Waals surface area (Å²) in [7, 11) is 0. The Hall–Kier alpha value is -1.43. The molecule has 0 bridgehead atoms. The van der Waals surface area contributed by atoms with E-state index in [0.717, 1.165) is 28.3 Å². The lowest BCUT2D eigenvalue weighted by atomic mass is 10.1. The minimum Gasteiger partial charge on any atom is -0.330 e. The Kier molecular flexibility index (Phi) is 3.67. The fourth-order valence-electron chi connectivity index (χ4n) is 3.61. The fraction of sp³-hybridized carbons (Fsp3) is 0.412. The molecule has 2 fully saturated rings. The number of thiazole rings is 1. The first-order valence-electron chi connectivity index (χ1n) is 7.84. The molecule has 6 heteroatoms. The minimum atomic E-state index is 0.0183. The third kappa shape index (κ3) is 2.57. The summed E-state index contributed by atoms with van der Waals surface area (Å²) in [5.74, 6) is 0.659. The minimum absolute atomic E-state index is 0.0183. The fourth-order valence-corrected chi connectivity index (χ4v) is 4.70. The van der Waals surface area contributed by atoms with Crippen molar-refractivity contribution in [2.45, 2.75) is 31.8 Å². The van der Waals surface area contributed by atoms with Gasteiger partial charge in [0.25, 0.3) is 5.91 Å². The molecule has 2 heterocycles. The number of amides is 1. The monoisotopic (exact) mass is 347 g/mol. The van der Waals surface area contributed by atoms with E-state index >= 15 is 0 Å². The summed E-state index contributed by atoms with van der Waals surface area (Å²) >= 11 is 7.65. The quantitative estimate of drug-likeness (QED) is 0.926. The van der Waals surface area contributed by atoms with E-state index in [9.17, 15) is 4.79 Å². The average molecular weight is 348 g/mol. The van der Waals surface area contributed by atoms with E-state index in [1.807, 2.05) is 36.1 Å². The predicted octanol–water partition coefficient (Wildman–Crippen LogP) is 3.33. The highest BCUT2D eigenvalue weighted by Gasteiger charge is 2.54. The lowest BCUT2D eigenvalue weighted by Gasteiger charge is -2.26. The maximum Gasteiger partial charge on any atom is 0.274 e. The second-order valence-corrected chi connectivity index (χ2v) is 7.96. The number of hydrogen-bond acceptors (Lipinski definition) is 4. The Bertz CT molecular complexity index is 775. The molecule has 1 amide bonds. The predicted molar refractivity (Wildman–Crippen MR) is 92.8 cm³/mol. The van der Waals surface area contributed by atoms with Crippen LogP contribution in [0.3, 0.4) is 0 Å². The second-order valence-electron chi connectivity index (χ2n) is 6.32. The average Bonchev–Trinajstić information content (AvgIpc) is 3.02. The van der Waals surface area contributed by atoms with E-state index in [1.165, 1.54) is 11.3 Å². The van der Waals surface area contributed by atoms with Gasteiger partial charge in [0.05, 0.1) is 9.88 Å². The number of rotatable bonds is 3. The highest BCUT2D eigenvalue weighted by atomic mass is 35.5. The molecule has 1 saturated carbocycles. The Morgan fingerprint density at radius 2 is 2.30 bits per heavy atom. The van der Waals surface area contributed by atoms with E-state index in [-0.39, 0.29) is 11.9 Å². The van der Waals surface area contributed by atoms with Crippen molar-refractivity contribution >= 4 is 28.8 Å². The molecule has 0 radical (unpaired) electrons. The molecule has 0 spiro atoms. The Balaban J connectivity index is 1.73. The van der Waals surface area contributed by atoms with Crippen molar-refractivity contribution in [3.05, 3.63) is 40.0 Å². The van der Waals surface area contributed by atoms with Gasteiger partial charge in [-0.05, 0) is 43.4 Å². The van der Waals surface area contributed by atoms with Crippen molar-refractivity contribution in [1.29, 1.82) is 0 Å². The molecule has 23 heavy (non-hydrogen) atoms. The van der Waals surface area contributed by atoms with Crippen molar-refractivity contribution in [3.63, 3.8) is 0 Å². The standard InChI is InChI=1S/C17H18ClN3OS/c1-9-20-15(16(23-9)10-3-2-4-12(18)5-10)17(22)21-13(8-19)6-11-7-14(11)21/h2-5,11,13-14H,6-8,19H2,1H3/t11?,13?,14-/m0/s1. The molecular formula is C17H18ClN3OS. The summed E-state index contributed by atoms with van der Waals surface area (Å²) in [6.45, 7) is 2.45. The van der Waals surface area contributed by atoms with Crippen molar-refractivity contribution < 1.29 is 4.79 Å². The van der Waals surface area contributed by atoms with Gasteiger partial charge in [0.15, 0.2) is 0 Å². The van der Waals surface area contributed by atoms with Crippen LogP contribution in [0.4, 0.5) is 0 Å². The van der Waals surface area contributed by atoms with Crippen molar-refractivity contribution in [2.24, 2.45) is 11.7 Å². The third-order valence-corrected chi connectivity index (χ3v) is 6.00. The first-order valence-corrected chi connectivity index (χ1v) is 9.04. The van der Waals surface area contributed by atoms with Gasteiger partial charge < -0.3 is 10.6 Å². The van der Waals surface area contributed by atoms with Crippen LogP contribution in [-0.2, 0) is 0 Å². The lowest BCUT2D eigenvalue weighted by Crippen LogP contribution is -2.42. The van der Waals surface area contributed by atoms with Gasteiger partial charge in [-0.3, -0.25) is 4.79 Å². The van der Waals surface area contributed by atoms with Crippen molar-refractivity contribution in [3.8, 4) is 10.4 Å². The van der Waals surface area contributed by atoms with Crippen LogP contribution in [0.1, 0.15) is 28.3 Å². The molecule has 2 N–H and O–H groups in total. The Morgan fingerprint density at radius 3 is 3.04 bits per heavy atom. The molecule has 4 rings (SSSR count). The zero-order valence-corrected chi connectivity index (χ0v) is 14.4. The van der Waals surface area contributed by atoms with Crippen molar-refractivity contribution in [1.82, 2.24) is 9.88 Å². The number of carbonyl (C=O) groups excluding carboxylic acids is 1. The van der Waals surface area contributed by atoms with Crippen LogP contribution in [0, 0.1) is 12.8 Å². The first-order chi connectivity index (χ1) is 11.1. The molecule has 1 aromatic heterocycles. The van der Waals surface area contributed by atoms with Crippen LogP contribution < -0.4 is 5.73 Å². The number of benzene rings is 1. The van der Waals surface area contributed by atoms with Crippen LogP contribution in [0.25, 0.3) is 10.4 Å².